The molecule has 0 atom stereocenters. The number of benzene rings is 7. The Hall–Kier alpha value is -6.42. The molecule has 0 spiro atoms. The van der Waals surface area contributed by atoms with Crippen molar-refractivity contribution in [3.8, 4) is 33.8 Å². The summed E-state index contributed by atoms with van der Waals surface area (Å²) in [6.45, 7) is -7.29. The summed E-state index contributed by atoms with van der Waals surface area (Å²) >= 11 is 0. The molecule has 7 aromatic carbocycles. The third-order valence-corrected chi connectivity index (χ3v) is 11.0. The third kappa shape index (κ3) is 8.55. The van der Waals surface area contributed by atoms with Crippen LogP contribution in [0.5, 0.6) is 5.75 Å². The van der Waals surface area contributed by atoms with Crippen LogP contribution in [0.1, 0.15) is 65.7 Å². The minimum Gasteiger partial charge on any atom is -0.517 e. The van der Waals surface area contributed by atoms with E-state index in [0.29, 0.717) is 52.1 Å². The van der Waals surface area contributed by atoms with Crippen molar-refractivity contribution in [2.75, 3.05) is 16.3 Å². The van der Waals surface area contributed by atoms with Crippen molar-refractivity contribution in [3.05, 3.63) is 211 Å². The first-order chi connectivity index (χ1) is 37.3. The molecule has 9 aromatic rings. The molecule has 0 unspecified atom stereocenters. The molecule has 0 saturated carbocycles. The van der Waals surface area contributed by atoms with Gasteiger partial charge in [-0.2, -0.15) is 37.0 Å². The first kappa shape index (κ1) is 26.3. The van der Waals surface area contributed by atoms with Crippen LogP contribution < -0.4 is 14.5 Å². The van der Waals surface area contributed by atoms with E-state index in [0.717, 1.165) is 22.1 Å². The molecule has 0 N–H and O–H groups in total. The molecule has 0 saturated heterocycles. The second-order valence-electron chi connectivity index (χ2n) is 14.8. The number of nitrogens with zero attached hydrogens (tertiary/aromatic N) is 4. The summed E-state index contributed by atoms with van der Waals surface area (Å²) in [4.78, 5) is 8.80. The molecule has 0 amide bonds. The molecule has 63 heavy (non-hydrogen) atoms. The van der Waals surface area contributed by atoms with Gasteiger partial charge in [-0.15, -0.1) is 28.8 Å². The van der Waals surface area contributed by atoms with E-state index in [1.165, 1.54) is 24.4 Å². The Bertz CT molecular complexity index is 3760. The molecule has 0 fully saturated rings. The summed E-state index contributed by atoms with van der Waals surface area (Å²) in [5.74, 6) is -3.14. The molecule has 6 heteroatoms. The standard InChI is InChI=1S/C57H49N4O.Pt/c1-40(2)33-45-35-57(58-37-52(45)44-21-8-5-9-22-44)61-53-27-11-10-24-50(53)51-31-30-47(36-56(51)61)62-38-42-18-15-23-46(34-42)60-39-59(54-28-12-13-29-55(54)60)32-16-26-48-41(3)17-14-25-49(48)43-19-6-4-7-20-43;/h4-15,17-25,27-31,35,37,39-40H,16,26,32-33,38H2,1-3H3;/q-3;/i1D3,2D3,3D3,4D,6D,7D,19D,20D,33D2,40D;. The van der Waals surface area contributed by atoms with Gasteiger partial charge in [-0.1, -0.05) is 128 Å². The topological polar surface area (TPSA) is 33.5 Å². The van der Waals surface area contributed by atoms with Gasteiger partial charge in [0.2, 0.25) is 0 Å². The van der Waals surface area contributed by atoms with Crippen molar-refractivity contribution in [1.29, 1.82) is 0 Å². The second kappa shape index (κ2) is 18.5. The Morgan fingerprint density at radius 2 is 1.60 bits per heavy atom. The van der Waals surface area contributed by atoms with Gasteiger partial charge in [0, 0.05) is 71.9 Å². The molecule has 10 rings (SSSR count). The maximum atomic E-state index is 9.34. The summed E-state index contributed by atoms with van der Waals surface area (Å²) in [6.07, 6.45) is -1.26. The van der Waals surface area contributed by atoms with Gasteiger partial charge >= 0.3 is 0 Å². The number of para-hydroxylation sites is 3. The van der Waals surface area contributed by atoms with Gasteiger partial charge in [0.15, 0.2) is 0 Å². The van der Waals surface area contributed by atoms with E-state index in [9.17, 15) is 2.74 Å². The smallest absolute Gasteiger partial charge is 0.135 e. The van der Waals surface area contributed by atoms with Crippen LogP contribution in [0.2, 0.25) is 0 Å². The second-order valence-corrected chi connectivity index (χ2v) is 14.8. The summed E-state index contributed by atoms with van der Waals surface area (Å²) in [7, 11) is 0. The molecule has 316 valence electrons. The van der Waals surface area contributed by atoms with E-state index in [1.54, 1.807) is 47.0 Å². The number of hydrogen-bond donors (Lipinski definition) is 0. The quantitative estimate of drug-likeness (QED) is 0.108. The Morgan fingerprint density at radius 3 is 2.46 bits per heavy atom. The fourth-order valence-electron chi connectivity index (χ4n) is 8.18. The van der Waals surface area contributed by atoms with E-state index in [4.69, 9.17) is 30.3 Å². The van der Waals surface area contributed by atoms with Crippen LogP contribution in [-0.4, -0.2) is 16.1 Å². The molecule has 3 heterocycles. The number of anilines is 3. The largest absolute Gasteiger partial charge is 0.517 e. The normalized spacial score (nSPS) is 17.2. The first-order valence-corrected chi connectivity index (χ1v) is 20.2. The van der Waals surface area contributed by atoms with Crippen LogP contribution in [0, 0.1) is 31.5 Å². The molecule has 1 aliphatic heterocycles. The number of aromatic nitrogens is 2. The molecule has 0 bridgehead atoms. The molecule has 1 aliphatic rings. The molecule has 0 radical (unpaired) electrons. The van der Waals surface area contributed by atoms with Crippen LogP contribution in [-0.2, 0) is 40.5 Å². The third-order valence-electron chi connectivity index (χ3n) is 11.0. The van der Waals surface area contributed by atoms with Crippen molar-refractivity contribution in [2.45, 2.75) is 46.4 Å². The van der Waals surface area contributed by atoms with E-state index in [1.807, 2.05) is 89.3 Å². The number of ether oxygens (including phenoxy) is 1. The van der Waals surface area contributed by atoms with Crippen molar-refractivity contribution in [1.82, 2.24) is 9.55 Å². The Kier molecular flexibility index (Phi) is 7.71. The van der Waals surface area contributed by atoms with Gasteiger partial charge in [0.1, 0.15) is 5.82 Å². The van der Waals surface area contributed by atoms with Gasteiger partial charge < -0.3 is 19.1 Å². The molecule has 2 aromatic heterocycles. The van der Waals surface area contributed by atoms with Gasteiger partial charge in [-0.25, -0.2) is 4.98 Å². The number of aryl methyl sites for hydroxylation is 1. The maximum Gasteiger partial charge on any atom is 0.135 e. The zero-order valence-electron chi connectivity index (χ0n) is 50.7. The van der Waals surface area contributed by atoms with E-state index < -0.39 is 63.0 Å². The molecular weight excluding hydrogens is 952 g/mol. The summed E-state index contributed by atoms with van der Waals surface area (Å²) in [6, 6.07) is 43.4. The summed E-state index contributed by atoms with van der Waals surface area (Å²) in [5, 5.41) is 1.52. The monoisotopic (exact) mass is 1020 g/mol. The summed E-state index contributed by atoms with van der Waals surface area (Å²) < 4.78 is 152. The Morgan fingerprint density at radius 1 is 0.794 bits per heavy atom. The van der Waals surface area contributed by atoms with Gasteiger partial charge in [-0.05, 0) is 102 Å². The van der Waals surface area contributed by atoms with E-state index in [2.05, 4.69) is 12.1 Å². The van der Waals surface area contributed by atoms with Gasteiger partial charge in [-0.3, -0.25) is 0 Å². The number of pyridine rings is 1. The minimum atomic E-state index is -3.60. The van der Waals surface area contributed by atoms with Crippen LogP contribution >= 0.6 is 0 Å². The van der Waals surface area contributed by atoms with Crippen molar-refractivity contribution >= 4 is 38.9 Å². The van der Waals surface area contributed by atoms with Crippen molar-refractivity contribution in [3.63, 3.8) is 0 Å². The van der Waals surface area contributed by atoms with E-state index in [-0.39, 0.29) is 67.7 Å². The number of rotatable bonds is 13. The zero-order valence-corrected chi connectivity index (χ0v) is 36.0. The van der Waals surface area contributed by atoms with Gasteiger partial charge in [0.25, 0.3) is 0 Å². The maximum absolute atomic E-state index is 9.34. The predicted octanol–water partition coefficient (Wildman–Crippen LogP) is 13.9. The Balaban J connectivity index is 0.00000774. The van der Waals surface area contributed by atoms with Crippen molar-refractivity contribution in [2.24, 2.45) is 5.89 Å². The molecular formula is C57H49N4OPt-3. The van der Waals surface area contributed by atoms with Crippen LogP contribution in [0.4, 0.5) is 17.1 Å². The SMILES string of the molecule is [2H]c1c([2H])c([2H])c(-c2cccc(C([2H])([2H])[2H])c2CCCN2[CH-]N(c3[c-]c(COc4[c-]c5c(cc4)c4ccccc4n5-c4cc(C([2H])([2H])C([2H])(C([2H])([2H])[2H])C([2H])([2H])[2H])c(-c5ccccc5)cn4)ccc3)c3ccccc32)c([2H])c1[2H].[Pt]. The van der Waals surface area contributed by atoms with E-state index >= 15 is 0 Å². The molecule has 0 aliphatic carbocycles. The van der Waals surface area contributed by atoms with Crippen LogP contribution in [0.25, 0.3) is 49.9 Å². The van der Waals surface area contributed by atoms with Crippen molar-refractivity contribution < 1.29 is 49.1 Å². The van der Waals surface area contributed by atoms with Crippen LogP contribution in [0.15, 0.2) is 170 Å². The van der Waals surface area contributed by atoms with Crippen LogP contribution in [0.3, 0.4) is 0 Å². The summed E-state index contributed by atoms with van der Waals surface area (Å²) in [5.41, 5.74) is 5.10. The zero-order chi connectivity index (χ0) is 56.6. The number of fused-ring (bicyclic) bond motifs is 4. The fourth-order valence-corrected chi connectivity index (χ4v) is 8.18. The average molecular weight is 1020 g/mol. The van der Waals surface area contributed by atoms with Gasteiger partial charge in [0.05, 0.1) is 13.5 Å². The average Bonchev–Trinajstić information content (AvgIpc) is 4.04. The minimum absolute atomic E-state index is 0. The predicted molar refractivity (Wildman–Crippen MR) is 256 cm³/mol. The fraction of sp³-hybridized carbons (Fsp3) is 0.158. The molecule has 5 nitrogen and oxygen atoms in total. The number of hydrogen-bond acceptors (Lipinski definition) is 4. The first-order valence-electron chi connectivity index (χ1n) is 28.7. The Labute approximate surface area is 409 Å².